The Hall–Kier alpha value is -1.85. The normalized spacial score (nSPS) is 10.2. The number of thioether (sulfide) groups is 1. The predicted octanol–water partition coefficient (Wildman–Crippen LogP) is 3.79. The van der Waals surface area contributed by atoms with Gasteiger partial charge in [0, 0.05) is 10.6 Å². The topological polar surface area (TPSA) is 58.6 Å². The summed E-state index contributed by atoms with van der Waals surface area (Å²) in [5, 5.41) is 12.6. The van der Waals surface area contributed by atoms with Gasteiger partial charge in [0.1, 0.15) is 11.5 Å². The summed E-state index contributed by atoms with van der Waals surface area (Å²) in [4.78, 5) is 12.7. The second-order valence-corrected chi connectivity index (χ2v) is 5.64. The lowest BCUT2D eigenvalue weighted by molar-refractivity contribution is -0.113. The molecule has 0 bridgehead atoms. The number of carbonyl (C=O) groups excluding carboxylic acids is 1. The summed E-state index contributed by atoms with van der Waals surface area (Å²) in [5.41, 5.74) is 0.613. The molecule has 0 aromatic heterocycles. The molecular weight excluding hydrogens is 310 g/mol. The van der Waals surface area contributed by atoms with Gasteiger partial charge in [-0.25, -0.2) is 0 Å². The molecule has 110 valence electrons. The van der Waals surface area contributed by atoms with Gasteiger partial charge in [0.2, 0.25) is 5.91 Å². The van der Waals surface area contributed by atoms with Crippen LogP contribution in [0.2, 0.25) is 5.02 Å². The first kappa shape index (κ1) is 15.5. The molecule has 0 unspecified atom stereocenters. The molecule has 0 spiro atoms. The Morgan fingerprint density at radius 2 is 2.14 bits per heavy atom. The molecule has 4 nitrogen and oxygen atoms in total. The molecule has 6 heteroatoms. The number of phenols is 1. The molecule has 0 radical (unpaired) electrons. The third-order valence-electron chi connectivity index (χ3n) is 2.62. The van der Waals surface area contributed by atoms with E-state index in [0.717, 1.165) is 4.90 Å². The van der Waals surface area contributed by atoms with Crippen molar-refractivity contribution in [2.45, 2.75) is 4.90 Å². The highest BCUT2D eigenvalue weighted by molar-refractivity contribution is 8.00. The van der Waals surface area contributed by atoms with E-state index in [9.17, 15) is 9.90 Å². The Balaban J connectivity index is 1.91. The first-order valence-corrected chi connectivity index (χ1v) is 7.50. The Labute approximate surface area is 132 Å². The maximum atomic E-state index is 11.9. The standard InChI is InChI=1S/C15H14ClNO3S/c1-20-14-6-5-10(7-13(14)16)17-15(19)9-21-12-4-2-3-11(18)8-12/h2-8,18H,9H2,1H3,(H,17,19). The van der Waals surface area contributed by atoms with E-state index in [1.807, 2.05) is 6.07 Å². The van der Waals surface area contributed by atoms with Crippen molar-refractivity contribution in [2.75, 3.05) is 18.2 Å². The number of aromatic hydroxyl groups is 1. The molecule has 0 aliphatic rings. The van der Waals surface area contributed by atoms with Crippen molar-refractivity contribution in [3.63, 3.8) is 0 Å². The van der Waals surface area contributed by atoms with E-state index in [1.54, 1.807) is 36.4 Å². The molecule has 1 amide bonds. The second-order valence-electron chi connectivity index (χ2n) is 4.18. The number of rotatable bonds is 5. The third-order valence-corrected chi connectivity index (χ3v) is 3.91. The fourth-order valence-electron chi connectivity index (χ4n) is 1.66. The molecule has 0 heterocycles. The van der Waals surface area contributed by atoms with E-state index < -0.39 is 0 Å². The van der Waals surface area contributed by atoms with Gasteiger partial charge in [-0.1, -0.05) is 17.7 Å². The summed E-state index contributed by atoms with van der Waals surface area (Å²) in [5.74, 6) is 0.836. The lowest BCUT2D eigenvalue weighted by Gasteiger charge is -2.08. The second kappa shape index (κ2) is 7.24. The number of halogens is 1. The zero-order valence-corrected chi connectivity index (χ0v) is 12.9. The summed E-state index contributed by atoms with van der Waals surface area (Å²) in [6, 6.07) is 11.8. The molecule has 2 N–H and O–H groups in total. The van der Waals surface area contributed by atoms with E-state index in [4.69, 9.17) is 16.3 Å². The summed E-state index contributed by atoms with van der Waals surface area (Å²) >= 11 is 7.34. The number of carbonyl (C=O) groups is 1. The minimum absolute atomic E-state index is 0.149. The molecule has 0 fully saturated rings. The Kier molecular flexibility index (Phi) is 5.36. The van der Waals surface area contributed by atoms with Gasteiger partial charge in [0.25, 0.3) is 0 Å². The molecule has 0 aliphatic carbocycles. The first-order chi connectivity index (χ1) is 10.1. The molecule has 0 atom stereocenters. The van der Waals surface area contributed by atoms with Gasteiger partial charge in [0.05, 0.1) is 17.9 Å². The van der Waals surface area contributed by atoms with Crippen molar-refractivity contribution in [3.8, 4) is 11.5 Å². The lowest BCUT2D eigenvalue weighted by Crippen LogP contribution is -2.13. The molecule has 0 aliphatic heterocycles. The van der Waals surface area contributed by atoms with E-state index in [-0.39, 0.29) is 17.4 Å². The average Bonchev–Trinajstić information content (AvgIpc) is 2.45. The van der Waals surface area contributed by atoms with Gasteiger partial charge in [0.15, 0.2) is 0 Å². The molecule has 2 aromatic carbocycles. The molecule has 0 saturated carbocycles. The fraction of sp³-hybridized carbons (Fsp3) is 0.133. The number of methoxy groups -OCH3 is 1. The molecule has 21 heavy (non-hydrogen) atoms. The van der Waals surface area contributed by atoms with Gasteiger partial charge < -0.3 is 15.2 Å². The molecule has 2 aromatic rings. The van der Waals surface area contributed by atoms with Crippen molar-refractivity contribution >= 4 is 35.0 Å². The van der Waals surface area contributed by atoms with Crippen molar-refractivity contribution < 1.29 is 14.6 Å². The number of hydrogen-bond acceptors (Lipinski definition) is 4. The minimum Gasteiger partial charge on any atom is -0.508 e. The number of ether oxygens (including phenoxy) is 1. The first-order valence-electron chi connectivity index (χ1n) is 6.13. The zero-order valence-electron chi connectivity index (χ0n) is 11.3. The SMILES string of the molecule is COc1ccc(NC(=O)CSc2cccc(O)c2)cc1Cl. The van der Waals surface area contributed by atoms with Crippen molar-refractivity contribution in [1.29, 1.82) is 0 Å². The van der Waals surface area contributed by atoms with Crippen LogP contribution < -0.4 is 10.1 Å². The van der Waals surface area contributed by atoms with Crippen LogP contribution in [0, 0.1) is 0 Å². The fourth-order valence-corrected chi connectivity index (χ4v) is 2.67. The van der Waals surface area contributed by atoms with Crippen LogP contribution in [0.3, 0.4) is 0 Å². The molecule has 0 saturated heterocycles. The van der Waals surface area contributed by atoms with E-state index in [2.05, 4.69) is 5.32 Å². The van der Waals surface area contributed by atoms with Crippen LogP contribution in [-0.2, 0) is 4.79 Å². The van der Waals surface area contributed by atoms with Crippen LogP contribution in [0.1, 0.15) is 0 Å². The summed E-state index contributed by atoms with van der Waals surface area (Å²) in [6.45, 7) is 0. The highest BCUT2D eigenvalue weighted by atomic mass is 35.5. The average molecular weight is 324 g/mol. The predicted molar refractivity (Wildman–Crippen MR) is 85.5 cm³/mol. The van der Waals surface area contributed by atoms with Crippen LogP contribution in [-0.4, -0.2) is 23.9 Å². The number of nitrogens with one attached hydrogen (secondary N) is 1. The van der Waals surface area contributed by atoms with E-state index >= 15 is 0 Å². The van der Waals surface area contributed by atoms with Crippen LogP contribution in [0.25, 0.3) is 0 Å². The number of benzene rings is 2. The maximum Gasteiger partial charge on any atom is 0.234 e. The van der Waals surface area contributed by atoms with Gasteiger partial charge in [-0.3, -0.25) is 4.79 Å². The van der Waals surface area contributed by atoms with Crippen molar-refractivity contribution in [1.82, 2.24) is 0 Å². The molecule has 2 rings (SSSR count). The summed E-state index contributed by atoms with van der Waals surface area (Å²) < 4.78 is 5.05. The monoisotopic (exact) mass is 323 g/mol. The minimum atomic E-state index is -0.149. The van der Waals surface area contributed by atoms with E-state index in [0.29, 0.717) is 16.5 Å². The summed E-state index contributed by atoms with van der Waals surface area (Å²) in [7, 11) is 1.53. The number of phenolic OH excluding ortho intramolecular Hbond substituents is 1. The van der Waals surface area contributed by atoms with E-state index in [1.165, 1.54) is 18.9 Å². The summed E-state index contributed by atoms with van der Waals surface area (Å²) in [6.07, 6.45) is 0. The number of anilines is 1. The van der Waals surface area contributed by atoms with Crippen LogP contribution in [0.15, 0.2) is 47.4 Å². The van der Waals surface area contributed by atoms with Gasteiger partial charge in [-0.2, -0.15) is 0 Å². The largest absolute Gasteiger partial charge is 0.508 e. The van der Waals surface area contributed by atoms with Gasteiger partial charge in [-0.05, 0) is 36.4 Å². The quantitative estimate of drug-likeness (QED) is 0.822. The Morgan fingerprint density at radius 1 is 1.33 bits per heavy atom. The highest BCUT2D eigenvalue weighted by Gasteiger charge is 2.06. The smallest absolute Gasteiger partial charge is 0.234 e. The molecular formula is C15H14ClNO3S. The Bertz CT molecular complexity index is 649. The number of amides is 1. The third kappa shape index (κ3) is 4.58. The van der Waals surface area contributed by atoms with Crippen LogP contribution in [0.4, 0.5) is 5.69 Å². The van der Waals surface area contributed by atoms with Crippen molar-refractivity contribution in [2.24, 2.45) is 0 Å². The van der Waals surface area contributed by atoms with Gasteiger partial charge in [-0.15, -0.1) is 11.8 Å². The number of hydrogen-bond donors (Lipinski definition) is 2. The maximum absolute atomic E-state index is 11.9. The lowest BCUT2D eigenvalue weighted by atomic mass is 10.3. The zero-order chi connectivity index (χ0) is 15.2. The van der Waals surface area contributed by atoms with Crippen molar-refractivity contribution in [3.05, 3.63) is 47.5 Å². The van der Waals surface area contributed by atoms with Gasteiger partial charge >= 0.3 is 0 Å². The van der Waals surface area contributed by atoms with Crippen LogP contribution in [0.5, 0.6) is 11.5 Å². The van der Waals surface area contributed by atoms with Crippen LogP contribution >= 0.6 is 23.4 Å². The Morgan fingerprint density at radius 3 is 2.81 bits per heavy atom. The highest BCUT2D eigenvalue weighted by Crippen LogP contribution is 2.27.